The van der Waals surface area contributed by atoms with E-state index in [1.54, 1.807) is 12.4 Å². The molecule has 0 spiro atoms. The molecule has 0 heterocycles. The highest BCUT2D eigenvalue weighted by molar-refractivity contribution is 5.54. The molecule has 0 amide bonds. The van der Waals surface area contributed by atoms with Gasteiger partial charge in [0.1, 0.15) is 0 Å². The minimum atomic E-state index is 0.526. The molecule has 0 fully saturated rings. The molecule has 0 aliphatic heterocycles. The van der Waals surface area contributed by atoms with Crippen molar-refractivity contribution in [2.24, 2.45) is 10.9 Å². The normalized spacial score (nSPS) is 13.5. The van der Waals surface area contributed by atoms with Crippen molar-refractivity contribution < 1.29 is 0 Å². The fraction of sp³-hybridized carbons (Fsp3) is 0.364. The Kier molecular flexibility index (Phi) is 5.98. The first kappa shape index (κ1) is 10.9. The Morgan fingerprint density at radius 2 is 2.08 bits per heavy atom. The summed E-state index contributed by atoms with van der Waals surface area (Å²) >= 11 is 0. The topological polar surface area (TPSA) is 12.4 Å². The van der Waals surface area contributed by atoms with Gasteiger partial charge in [-0.25, -0.2) is 0 Å². The molecule has 0 atom stereocenters. The third-order valence-corrected chi connectivity index (χ3v) is 1.51. The molecule has 0 aliphatic carbocycles. The van der Waals surface area contributed by atoms with Crippen LogP contribution in [0, 0.1) is 5.92 Å². The predicted octanol–water partition coefficient (Wildman–Crippen LogP) is 3.36. The lowest BCUT2D eigenvalue weighted by molar-refractivity contribution is 0.792. The van der Waals surface area contributed by atoms with E-state index in [9.17, 15) is 0 Å². The van der Waals surface area contributed by atoms with Gasteiger partial charge in [0.25, 0.3) is 0 Å². The molecule has 0 rings (SSSR count). The number of rotatable bonds is 4. The van der Waals surface area contributed by atoms with Gasteiger partial charge in [-0.1, -0.05) is 32.6 Å². The molecule has 0 aromatic rings. The Balaban J connectivity index is 4.20. The van der Waals surface area contributed by atoms with E-state index < -0.39 is 0 Å². The summed E-state index contributed by atoms with van der Waals surface area (Å²) in [6.45, 7) is 9.92. The molecule has 0 unspecified atom stereocenters. The first-order valence-corrected chi connectivity index (χ1v) is 4.19. The van der Waals surface area contributed by atoms with Gasteiger partial charge in [0, 0.05) is 12.4 Å². The summed E-state index contributed by atoms with van der Waals surface area (Å²) in [5.41, 5.74) is 1.23. The molecule has 0 saturated carbocycles. The average Bonchev–Trinajstić information content (AvgIpc) is 2.04. The van der Waals surface area contributed by atoms with E-state index in [0.29, 0.717) is 5.92 Å². The van der Waals surface area contributed by atoms with Crippen molar-refractivity contribution in [1.29, 1.82) is 0 Å². The van der Waals surface area contributed by atoms with E-state index in [4.69, 9.17) is 0 Å². The third-order valence-electron chi connectivity index (χ3n) is 1.51. The van der Waals surface area contributed by atoms with Crippen LogP contribution in [0.15, 0.2) is 41.6 Å². The lowest BCUT2D eigenvalue weighted by Crippen LogP contribution is -1.88. The molecule has 1 nitrogen and oxygen atoms in total. The zero-order chi connectivity index (χ0) is 9.40. The molecule has 66 valence electrons. The fourth-order valence-electron chi connectivity index (χ4n) is 0.786. The second-order valence-electron chi connectivity index (χ2n) is 2.77. The molecular weight excluding hydrogens is 146 g/mol. The number of allylic oxidation sites excluding steroid dienone is 4. The Bertz CT molecular complexity index is 207. The lowest BCUT2D eigenvalue weighted by Gasteiger charge is -2.02. The van der Waals surface area contributed by atoms with Crippen LogP contribution in [0.5, 0.6) is 0 Å². The van der Waals surface area contributed by atoms with Crippen molar-refractivity contribution in [3.05, 3.63) is 36.6 Å². The summed E-state index contributed by atoms with van der Waals surface area (Å²) in [6.07, 6.45) is 9.37. The molecule has 0 aromatic carbocycles. The van der Waals surface area contributed by atoms with Crippen LogP contribution in [-0.2, 0) is 0 Å². The third kappa shape index (κ3) is 4.67. The predicted molar refractivity (Wildman–Crippen MR) is 56.4 cm³/mol. The van der Waals surface area contributed by atoms with E-state index in [1.807, 2.05) is 25.2 Å². The van der Waals surface area contributed by atoms with Crippen molar-refractivity contribution in [3.63, 3.8) is 0 Å². The van der Waals surface area contributed by atoms with E-state index in [-0.39, 0.29) is 0 Å². The summed E-state index contributed by atoms with van der Waals surface area (Å²) in [5.74, 6) is 0.526. The van der Waals surface area contributed by atoms with Crippen molar-refractivity contribution in [3.8, 4) is 0 Å². The fourth-order valence-corrected chi connectivity index (χ4v) is 0.786. The van der Waals surface area contributed by atoms with Crippen LogP contribution in [0.1, 0.15) is 20.8 Å². The molecule has 1 heteroatoms. The van der Waals surface area contributed by atoms with Gasteiger partial charge in [0.15, 0.2) is 0 Å². The van der Waals surface area contributed by atoms with Crippen LogP contribution in [0.4, 0.5) is 0 Å². The van der Waals surface area contributed by atoms with Crippen molar-refractivity contribution in [1.82, 2.24) is 0 Å². The van der Waals surface area contributed by atoms with Gasteiger partial charge in [-0.15, -0.1) is 0 Å². The molecule has 0 radical (unpaired) electrons. The van der Waals surface area contributed by atoms with Crippen LogP contribution in [-0.4, -0.2) is 6.21 Å². The van der Waals surface area contributed by atoms with Crippen molar-refractivity contribution in [2.75, 3.05) is 0 Å². The van der Waals surface area contributed by atoms with Gasteiger partial charge in [-0.05, 0) is 24.5 Å². The Morgan fingerprint density at radius 3 is 2.50 bits per heavy atom. The van der Waals surface area contributed by atoms with Gasteiger partial charge in [0.2, 0.25) is 0 Å². The zero-order valence-corrected chi connectivity index (χ0v) is 8.12. The maximum absolute atomic E-state index is 3.95. The van der Waals surface area contributed by atoms with Crippen LogP contribution in [0.25, 0.3) is 0 Å². The number of aliphatic imine (C=N–C) groups is 1. The molecule has 0 bridgehead atoms. The average molecular weight is 163 g/mol. The van der Waals surface area contributed by atoms with E-state index in [1.165, 1.54) is 5.57 Å². The van der Waals surface area contributed by atoms with Crippen molar-refractivity contribution in [2.45, 2.75) is 20.8 Å². The van der Waals surface area contributed by atoms with Gasteiger partial charge < -0.3 is 0 Å². The van der Waals surface area contributed by atoms with Crippen LogP contribution in [0.2, 0.25) is 0 Å². The molecule has 0 aromatic heterocycles. The van der Waals surface area contributed by atoms with E-state index in [2.05, 4.69) is 25.4 Å². The monoisotopic (exact) mass is 163 g/mol. The number of hydrogen-bond donors (Lipinski definition) is 0. The molecular formula is C11H17N. The van der Waals surface area contributed by atoms with Gasteiger partial charge >= 0.3 is 0 Å². The number of nitrogens with zero attached hydrogens (tertiary/aromatic N) is 1. The highest BCUT2D eigenvalue weighted by Gasteiger charge is 1.94. The highest BCUT2D eigenvalue weighted by Crippen LogP contribution is 2.09. The quantitative estimate of drug-likeness (QED) is 0.445. The van der Waals surface area contributed by atoms with Crippen LogP contribution in [0.3, 0.4) is 0 Å². The van der Waals surface area contributed by atoms with E-state index >= 15 is 0 Å². The lowest BCUT2D eigenvalue weighted by atomic mass is 10.0. The Morgan fingerprint density at radius 1 is 1.42 bits per heavy atom. The molecule has 12 heavy (non-hydrogen) atoms. The minimum Gasteiger partial charge on any atom is -0.269 e. The van der Waals surface area contributed by atoms with Crippen LogP contribution < -0.4 is 0 Å². The highest BCUT2D eigenvalue weighted by atomic mass is 14.6. The van der Waals surface area contributed by atoms with Crippen molar-refractivity contribution >= 4 is 6.21 Å². The summed E-state index contributed by atoms with van der Waals surface area (Å²) < 4.78 is 0. The minimum absolute atomic E-state index is 0.526. The van der Waals surface area contributed by atoms with E-state index in [0.717, 1.165) is 0 Å². The summed E-state index contributed by atoms with van der Waals surface area (Å²) in [5, 5.41) is 0. The first-order chi connectivity index (χ1) is 5.72. The maximum Gasteiger partial charge on any atom is 0.0263 e. The largest absolute Gasteiger partial charge is 0.269 e. The second kappa shape index (κ2) is 6.59. The Hall–Kier alpha value is -1.11. The zero-order valence-electron chi connectivity index (χ0n) is 8.12. The maximum atomic E-state index is 3.95. The molecule has 0 aliphatic rings. The first-order valence-electron chi connectivity index (χ1n) is 4.19. The van der Waals surface area contributed by atoms with Gasteiger partial charge in [0.05, 0.1) is 0 Å². The summed E-state index contributed by atoms with van der Waals surface area (Å²) in [7, 11) is 0. The summed E-state index contributed by atoms with van der Waals surface area (Å²) in [6, 6.07) is 0. The smallest absolute Gasteiger partial charge is 0.0263 e. The van der Waals surface area contributed by atoms with Gasteiger partial charge in [-0.3, -0.25) is 4.99 Å². The summed E-state index contributed by atoms with van der Waals surface area (Å²) in [4.78, 5) is 3.95. The number of hydrogen-bond acceptors (Lipinski definition) is 1. The standard InChI is InChI=1S/C11H17N/c1-5-11(10(3)4)8-7-9-12-6-2/h5-10H,1H2,2-4H3/b9-7-,11-8+,12-6?. The second-order valence-corrected chi connectivity index (χ2v) is 2.77. The van der Waals surface area contributed by atoms with Gasteiger partial charge in [-0.2, -0.15) is 0 Å². The molecule has 0 N–H and O–H groups in total. The Labute approximate surface area is 75.2 Å². The SMILES string of the molecule is C=C/C(=C\C=C/N=CC)C(C)C. The molecule has 0 saturated heterocycles. The van der Waals surface area contributed by atoms with Crippen LogP contribution >= 0.6 is 0 Å².